The van der Waals surface area contributed by atoms with Crippen LogP contribution in [0.2, 0.25) is 0 Å². The summed E-state index contributed by atoms with van der Waals surface area (Å²) in [6.45, 7) is 13.5. The molecule has 0 saturated heterocycles. The number of hydrogen-bond acceptors (Lipinski definition) is 0. The second-order valence-corrected chi connectivity index (χ2v) is 15.6. The van der Waals surface area contributed by atoms with E-state index in [0.29, 0.717) is 0 Å². The van der Waals surface area contributed by atoms with Gasteiger partial charge in [0.25, 0.3) is 0 Å². The summed E-state index contributed by atoms with van der Waals surface area (Å²) in [6, 6.07) is 11.5. The van der Waals surface area contributed by atoms with Crippen LogP contribution in [0.15, 0.2) is 54.6 Å². The third-order valence-corrected chi connectivity index (χ3v) is 10.1. The van der Waals surface area contributed by atoms with Gasteiger partial charge >= 0.3 is 0 Å². The highest BCUT2D eigenvalue weighted by molar-refractivity contribution is 5.32. The van der Waals surface area contributed by atoms with Crippen molar-refractivity contribution in [1.82, 2.24) is 0 Å². The highest BCUT2D eigenvalue weighted by atomic mass is 14.3. The fraction of sp³-hybridized carbons (Fsp3) is 0.761. The lowest BCUT2D eigenvalue weighted by atomic mass is 9.73. The Morgan fingerprint density at radius 2 is 0.891 bits per heavy atom. The first-order chi connectivity index (χ1) is 22.4. The molecule has 0 aliphatic heterocycles. The molecule has 0 fully saturated rings. The minimum absolute atomic E-state index is 0.125. The van der Waals surface area contributed by atoms with Crippen molar-refractivity contribution in [1.29, 1.82) is 0 Å². The molecular weight excluding hydrogens is 553 g/mol. The molecular formula is C46H81. The van der Waals surface area contributed by atoms with Gasteiger partial charge in [-0.2, -0.15) is 0 Å². The van der Waals surface area contributed by atoms with Crippen LogP contribution >= 0.6 is 0 Å². The first kappa shape index (κ1) is 42.7. The second-order valence-electron chi connectivity index (χ2n) is 15.6. The third kappa shape index (κ3) is 24.8. The minimum atomic E-state index is 0.125. The van der Waals surface area contributed by atoms with E-state index in [0.717, 1.165) is 6.42 Å². The maximum Gasteiger partial charge on any atom is 0.0166 e. The molecule has 1 atom stereocenters. The highest BCUT2D eigenvalue weighted by Crippen LogP contribution is 2.37. The average molecular weight is 634 g/mol. The molecule has 0 bridgehead atoms. The van der Waals surface area contributed by atoms with Crippen LogP contribution in [0.5, 0.6) is 0 Å². The van der Waals surface area contributed by atoms with Gasteiger partial charge in [0.05, 0.1) is 0 Å². The van der Waals surface area contributed by atoms with Gasteiger partial charge in [-0.05, 0) is 62.8 Å². The van der Waals surface area contributed by atoms with Gasteiger partial charge in [0, 0.05) is 5.41 Å². The average Bonchev–Trinajstić information content (AvgIpc) is 3.05. The van der Waals surface area contributed by atoms with Crippen LogP contribution in [0.1, 0.15) is 219 Å². The molecule has 1 aromatic carbocycles. The van der Waals surface area contributed by atoms with E-state index in [2.05, 4.69) is 89.3 Å². The molecule has 0 aliphatic rings. The van der Waals surface area contributed by atoms with Crippen molar-refractivity contribution in [3.05, 3.63) is 67.1 Å². The van der Waals surface area contributed by atoms with Crippen molar-refractivity contribution in [2.45, 2.75) is 219 Å². The number of unbranched alkanes of at least 4 members (excludes halogenated alkanes) is 23. The summed E-state index contributed by atoms with van der Waals surface area (Å²) in [7, 11) is 0. The van der Waals surface area contributed by atoms with E-state index >= 15 is 0 Å². The molecule has 0 nitrogen and oxygen atoms in total. The van der Waals surface area contributed by atoms with Crippen LogP contribution in [-0.4, -0.2) is 0 Å². The van der Waals surface area contributed by atoms with Crippen LogP contribution < -0.4 is 0 Å². The number of benzene rings is 1. The topological polar surface area (TPSA) is 0 Å². The Hall–Kier alpha value is -1.30. The van der Waals surface area contributed by atoms with Crippen molar-refractivity contribution >= 4 is 0 Å². The van der Waals surface area contributed by atoms with Crippen LogP contribution in [0.25, 0.3) is 0 Å². The zero-order valence-electron chi connectivity index (χ0n) is 31.9. The Kier molecular flexibility index (Phi) is 27.7. The summed E-state index contributed by atoms with van der Waals surface area (Å²) in [6.07, 6.45) is 49.9. The second kappa shape index (κ2) is 29.8. The normalized spacial score (nSPS) is 13.7. The smallest absolute Gasteiger partial charge is 0.0166 e. The summed E-state index contributed by atoms with van der Waals surface area (Å²) in [5, 5.41) is 0. The van der Waals surface area contributed by atoms with E-state index in [-0.39, 0.29) is 10.8 Å². The van der Waals surface area contributed by atoms with Crippen LogP contribution in [0.4, 0.5) is 0 Å². The Bertz CT molecular complexity index is 808. The van der Waals surface area contributed by atoms with Gasteiger partial charge in [-0.1, -0.05) is 224 Å². The number of allylic oxidation sites excluding steroid dienone is 4. The number of rotatable bonds is 33. The van der Waals surface area contributed by atoms with Gasteiger partial charge in [0.15, 0.2) is 0 Å². The maximum absolute atomic E-state index is 4.32. The zero-order valence-corrected chi connectivity index (χ0v) is 31.9. The predicted octanol–water partition coefficient (Wildman–Crippen LogP) is 16.2. The Morgan fingerprint density at radius 1 is 0.478 bits per heavy atom. The van der Waals surface area contributed by atoms with Gasteiger partial charge in [-0.25, -0.2) is 0 Å². The van der Waals surface area contributed by atoms with E-state index in [4.69, 9.17) is 0 Å². The fourth-order valence-electron chi connectivity index (χ4n) is 7.00. The highest BCUT2D eigenvalue weighted by Gasteiger charge is 2.27. The first-order valence-corrected chi connectivity index (χ1v) is 20.7. The van der Waals surface area contributed by atoms with Gasteiger partial charge in [0.1, 0.15) is 0 Å². The van der Waals surface area contributed by atoms with E-state index in [9.17, 15) is 0 Å². The molecule has 0 saturated carbocycles. The van der Waals surface area contributed by atoms with Gasteiger partial charge < -0.3 is 0 Å². The van der Waals surface area contributed by atoms with E-state index < -0.39 is 0 Å². The Morgan fingerprint density at radius 3 is 1.37 bits per heavy atom. The van der Waals surface area contributed by atoms with Crippen molar-refractivity contribution in [3.63, 3.8) is 0 Å². The van der Waals surface area contributed by atoms with Gasteiger partial charge in [-0.3, -0.25) is 0 Å². The SMILES string of the molecule is [CH2]C(C)(C)CCCCCCC(C=CCCCCCCCCCCCCCCCC)(CC=CCCCCCCCC)c1ccccc1. The van der Waals surface area contributed by atoms with Crippen molar-refractivity contribution in [2.75, 3.05) is 0 Å². The summed E-state index contributed by atoms with van der Waals surface area (Å²) >= 11 is 0. The molecule has 0 amide bonds. The predicted molar refractivity (Wildman–Crippen MR) is 211 cm³/mol. The summed E-state index contributed by atoms with van der Waals surface area (Å²) in [5.74, 6) is 0. The summed E-state index contributed by atoms with van der Waals surface area (Å²) in [4.78, 5) is 0. The molecule has 0 spiro atoms. The minimum Gasteiger partial charge on any atom is -0.0885 e. The largest absolute Gasteiger partial charge is 0.0885 e. The van der Waals surface area contributed by atoms with Gasteiger partial charge in [-0.15, -0.1) is 0 Å². The lowest BCUT2D eigenvalue weighted by Crippen LogP contribution is -2.23. The van der Waals surface area contributed by atoms with Crippen LogP contribution in [0, 0.1) is 12.3 Å². The number of hydrogen-bond donors (Lipinski definition) is 0. The molecule has 0 heterocycles. The molecule has 1 aromatic rings. The quantitative estimate of drug-likeness (QED) is 0.0533. The maximum atomic E-state index is 4.32. The summed E-state index contributed by atoms with van der Waals surface area (Å²) in [5.41, 5.74) is 1.85. The molecule has 1 unspecified atom stereocenters. The third-order valence-electron chi connectivity index (χ3n) is 10.1. The fourth-order valence-corrected chi connectivity index (χ4v) is 7.00. The molecule has 0 heteroatoms. The van der Waals surface area contributed by atoms with E-state index in [1.54, 1.807) is 0 Å². The first-order valence-electron chi connectivity index (χ1n) is 20.7. The monoisotopic (exact) mass is 634 g/mol. The van der Waals surface area contributed by atoms with Gasteiger partial charge in [0.2, 0.25) is 0 Å². The van der Waals surface area contributed by atoms with E-state index in [1.807, 2.05) is 0 Å². The van der Waals surface area contributed by atoms with Crippen LogP contribution in [-0.2, 0) is 5.41 Å². The molecule has 0 aliphatic carbocycles. The van der Waals surface area contributed by atoms with Crippen molar-refractivity contribution in [2.24, 2.45) is 5.41 Å². The Balaban J connectivity index is 2.57. The lowest BCUT2D eigenvalue weighted by Gasteiger charge is -2.31. The lowest BCUT2D eigenvalue weighted by molar-refractivity contribution is 0.395. The molecule has 1 rings (SSSR count). The van der Waals surface area contributed by atoms with Crippen LogP contribution in [0.3, 0.4) is 0 Å². The standard InChI is InChI=1S/C46H81/c1-6-8-10-12-14-16-17-18-19-20-21-22-24-26-28-36-42-46(44-38-32-31-33-39-44,43-37-30-29-34-40-45(3,4)5)41-35-27-25-23-15-13-11-9-7-2/h27,31-33,35-36,38-39,42H,3,6-26,28-30,34,37,40-41,43H2,1-2,4-5H3. The Labute approximate surface area is 291 Å². The van der Waals surface area contributed by atoms with Crippen molar-refractivity contribution in [3.8, 4) is 0 Å². The molecule has 265 valence electrons. The molecule has 0 N–H and O–H groups in total. The molecule has 0 aromatic heterocycles. The summed E-state index contributed by atoms with van der Waals surface area (Å²) < 4.78 is 0. The zero-order chi connectivity index (χ0) is 33.4. The van der Waals surface area contributed by atoms with Crippen molar-refractivity contribution < 1.29 is 0 Å². The molecule has 1 radical (unpaired) electrons. The van der Waals surface area contributed by atoms with E-state index in [1.165, 1.54) is 185 Å². The molecule has 46 heavy (non-hydrogen) atoms.